The van der Waals surface area contributed by atoms with Gasteiger partial charge in [0.1, 0.15) is 0 Å². The van der Waals surface area contributed by atoms with E-state index in [1.807, 2.05) is 4.90 Å². The zero-order valence-corrected chi connectivity index (χ0v) is 14.5. The van der Waals surface area contributed by atoms with Gasteiger partial charge < -0.3 is 15.3 Å². The van der Waals surface area contributed by atoms with Crippen molar-refractivity contribution >= 4 is 11.8 Å². The van der Waals surface area contributed by atoms with Gasteiger partial charge in [0.15, 0.2) is 0 Å². The molecule has 0 spiro atoms. The lowest BCUT2D eigenvalue weighted by atomic mass is 9.93. The fourth-order valence-electron chi connectivity index (χ4n) is 3.82. The molecule has 0 aromatic rings. The van der Waals surface area contributed by atoms with Crippen molar-refractivity contribution in [2.75, 3.05) is 13.1 Å². The maximum Gasteiger partial charge on any atom is 0.225 e. The molecule has 2 N–H and O–H groups in total. The molecule has 24 heavy (non-hydrogen) atoms. The van der Waals surface area contributed by atoms with Gasteiger partial charge in [-0.05, 0) is 32.1 Å². The Hall–Kier alpha value is -1.62. The Morgan fingerprint density at radius 2 is 1.88 bits per heavy atom. The second kappa shape index (κ2) is 8.47. The normalized spacial score (nSPS) is 22.5. The van der Waals surface area contributed by atoms with E-state index in [-0.39, 0.29) is 24.3 Å². The molecular formula is C19H30N2O3. The Balaban J connectivity index is 1.90. The van der Waals surface area contributed by atoms with Gasteiger partial charge in [0.2, 0.25) is 11.8 Å². The highest BCUT2D eigenvalue weighted by Gasteiger charge is 2.35. The lowest BCUT2D eigenvalue weighted by Crippen LogP contribution is -2.51. The molecule has 1 saturated carbocycles. The van der Waals surface area contributed by atoms with Crippen molar-refractivity contribution in [2.45, 2.75) is 63.0 Å². The van der Waals surface area contributed by atoms with Gasteiger partial charge in [-0.1, -0.05) is 25.0 Å². The van der Waals surface area contributed by atoms with Crippen LogP contribution in [0.2, 0.25) is 0 Å². The molecule has 2 amide bonds. The second-order valence-electron chi connectivity index (χ2n) is 7.15. The van der Waals surface area contributed by atoms with E-state index in [9.17, 15) is 14.7 Å². The van der Waals surface area contributed by atoms with Crippen LogP contribution in [0.1, 0.15) is 51.4 Å². The average Bonchev–Trinajstić information content (AvgIpc) is 3.08. The first kappa shape index (κ1) is 18.7. The highest BCUT2D eigenvalue weighted by atomic mass is 16.3. The molecule has 5 heteroatoms. The first-order valence-electron chi connectivity index (χ1n) is 9.00. The number of carbonyl (C=O) groups excluding carboxylic acids is 2. The minimum Gasteiger partial charge on any atom is -0.387 e. The van der Waals surface area contributed by atoms with Crippen LogP contribution in [-0.2, 0) is 9.59 Å². The third-order valence-electron chi connectivity index (χ3n) is 5.22. The summed E-state index contributed by atoms with van der Waals surface area (Å²) in [6.07, 6.45) is 9.58. The Labute approximate surface area is 144 Å². The van der Waals surface area contributed by atoms with Crippen molar-refractivity contribution < 1.29 is 14.7 Å². The summed E-state index contributed by atoms with van der Waals surface area (Å²) in [5.74, 6) is -0.0715. The minimum atomic E-state index is -1.03. The van der Waals surface area contributed by atoms with Crippen LogP contribution in [-0.4, -0.2) is 46.6 Å². The number of piperidine rings is 1. The first-order chi connectivity index (χ1) is 11.5. The number of nitrogens with one attached hydrogen (secondary N) is 1. The average molecular weight is 334 g/mol. The zero-order valence-electron chi connectivity index (χ0n) is 14.5. The summed E-state index contributed by atoms with van der Waals surface area (Å²) in [5, 5.41) is 13.4. The Bertz CT molecular complexity index is 473. The maximum atomic E-state index is 12.5. The first-order valence-corrected chi connectivity index (χ1v) is 9.00. The van der Waals surface area contributed by atoms with Crippen LogP contribution >= 0.6 is 0 Å². The van der Waals surface area contributed by atoms with Gasteiger partial charge in [0.25, 0.3) is 0 Å². The topological polar surface area (TPSA) is 69.6 Å². The summed E-state index contributed by atoms with van der Waals surface area (Å²) in [5.41, 5.74) is -1.03. The molecule has 2 fully saturated rings. The molecule has 5 nitrogen and oxygen atoms in total. The molecule has 1 aliphatic heterocycles. The fraction of sp³-hybridized carbons (Fsp3) is 0.684. The standard InChI is InChI=1S/C19H30N2O3/c1-3-11-19(24,12-4-2)14-20-18(23)15-9-10-17(22)21(13-15)16-7-5-6-8-16/h3-4,15-16,24H,1-2,5-14H2,(H,20,23)/t15-/m1/s1. The van der Waals surface area contributed by atoms with Crippen molar-refractivity contribution in [3.8, 4) is 0 Å². The summed E-state index contributed by atoms with van der Waals surface area (Å²) in [6.45, 7) is 8.00. The highest BCUT2D eigenvalue weighted by molar-refractivity contribution is 5.84. The van der Waals surface area contributed by atoms with Gasteiger partial charge in [-0.15, -0.1) is 13.2 Å². The van der Waals surface area contributed by atoms with Crippen LogP contribution in [0.4, 0.5) is 0 Å². The van der Waals surface area contributed by atoms with Crippen molar-refractivity contribution in [3.05, 3.63) is 25.3 Å². The largest absolute Gasteiger partial charge is 0.387 e. The fourth-order valence-corrected chi connectivity index (χ4v) is 3.82. The SMILES string of the molecule is C=CCC(O)(CC=C)CNC(=O)[C@@H]1CCC(=O)N(C2CCCC2)C1. The third kappa shape index (κ3) is 4.69. The van der Waals surface area contributed by atoms with Gasteiger partial charge in [0, 0.05) is 25.6 Å². The Morgan fingerprint density at radius 3 is 2.46 bits per heavy atom. The molecule has 0 unspecified atom stereocenters. The molecule has 1 aliphatic carbocycles. The highest BCUT2D eigenvalue weighted by Crippen LogP contribution is 2.28. The van der Waals surface area contributed by atoms with Crippen LogP contribution in [0.15, 0.2) is 25.3 Å². The summed E-state index contributed by atoms with van der Waals surface area (Å²) in [4.78, 5) is 26.6. The molecule has 0 aromatic carbocycles. The number of rotatable bonds is 8. The molecular weight excluding hydrogens is 304 g/mol. The molecule has 2 aliphatic rings. The summed E-state index contributed by atoms with van der Waals surface area (Å²) in [6, 6.07) is 0.312. The van der Waals surface area contributed by atoms with Gasteiger partial charge >= 0.3 is 0 Å². The minimum absolute atomic E-state index is 0.0722. The monoisotopic (exact) mass is 334 g/mol. The van der Waals surface area contributed by atoms with E-state index < -0.39 is 5.60 Å². The molecule has 0 bridgehead atoms. The van der Waals surface area contributed by atoms with Gasteiger partial charge in [-0.3, -0.25) is 9.59 Å². The lowest BCUT2D eigenvalue weighted by Gasteiger charge is -2.36. The van der Waals surface area contributed by atoms with Crippen LogP contribution < -0.4 is 5.32 Å². The molecule has 134 valence electrons. The number of carbonyl (C=O) groups is 2. The lowest BCUT2D eigenvalue weighted by molar-refractivity contribution is -0.141. The molecule has 0 aromatic heterocycles. The van der Waals surface area contributed by atoms with E-state index in [0.717, 1.165) is 12.8 Å². The van der Waals surface area contributed by atoms with Crippen LogP contribution in [0.25, 0.3) is 0 Å². The van der Waals surface area contributed by atoms with E-state index in [4.69, 9.17) is 0 Å². The van der Waals surface area contributed by atoms with E-state index in [1.54, 1.807) is 12.2 Å². The van der Waals surface area contributed by atoms with E-state index >= 15 is 0 Å². The number of hydrogen-bond acceptors (Lipinski definition) is 3. The van der Waals surface area contributed by atoms with Gasteiger partial charge in [0.05, 0.1) is 11.5 Å². The number of amides is 2. The van der Waals surface area contributed by atoms with E-state index in [1.165, 1.54) is 12.8 Å². The van der Waals surface area contributed by atoms with Crippen LogP contribution in [0.3, 0.4) is 0 Å². The third-order valence-corrected chi connectivity index (χ3v) is 5.22. The summed E-state index contributed by atoms with van der Waals surface area (Å²) in [7, 11) is 0. The Morgan fingerprint density at radius 1 is 1.25 bits per heavy atom. The predicted octanol–water partition coefficient (Wildman–Crippen LogP) is 2.17. The summed E-state index contributed by atoms with van der Waals surface area (Å²) < 4.78 is 0. The number of likely N-dealkylation sites (tertiary alicyclic amines) is 1. The number of nitrogens with zero attached hydrogens (tertiary/aromatic N) is 1. The van der Waals surface area contributed by atoms with Gasteiger partial charge in [-0.2, -0.15) is 0 Å². The van der Waals surface area contributed by atoms with Crippen molar-refractivity contribution in [1.29, 1.82) is 0 Å². The molecule has 2 rings (SSSR count). The molecule has 1 saturated heterocycles. The van der Waals surface area contributed by atoms with E-state index in [0.29, 0.717) is 38.3 Å². The van der Waals surface area contributed by atoms with E-state index in [2.05, 4.69) is 18.5 Å². The van der Waals surface area contributed by atoms with Gasteiger partial charge in [-0.25, -0.2) is 0 Å². The van der Waals surface area contributed by atoms with Crippen molar-refractivity contribution in [2.24, 2.45) is 5.92 Å². The van der Waals surface area contributed by atoms with Crippen molar-refractivity contribution in [3.63, 3.8) is 0 Å². The quantitative estimate of drug-likeness (QED) is 0.668. The second-order valence-corrected chi connectivity index (χ2v) is 7.15. The van der Waals surface area contributed by atoms with Crippen LogP contribution in [0, 0.1) is 5.92 Å². The zero-order chi connectivity index (χ0) is 17.6. The maximum absolute atomic E-state index is 12.5. The molecule has 1 heterocycles. The Kier molecular flexibility index (Phi) is 6.60. The summed E-state index contributed by atoms with van der Waals surface area (Å²) >= 11 is 0. The number of aliphatic hydroxyl groups is 1. The smallest absolute Gasteiger partial charge is 0.225 e. The molecule has 0 radical (unpaired) electrons. The number of hydrogen-bond donors (Lipinski definition) is 2. The van der Waals surface area contributed by atoms with Crippen LogP contribution in [0.5, 0.6) is 0 Å². The predicted molar refractivity (Wildman–Crippen MR) is 94.3 cm³/mol. The molecule has 1 atom stereocenters. The van der Waals surface area contributed by atoms with Crippen molar-refractivity contribution in [1.82, 2.24) is 10.2 Å².